The zero-order valence-electron chi connectivity index (χ0n) is 7.67. The van der Waals surface area contributed by atoms with Crippen molar-refractivity contribution in [1.82, 2.24) is 5.32 Å². The number of amides is 1. The van der Waals surface area contributed by atoms with E-state index in [1.165, 1.54) is 0 Å². The summed E-state index contributed by atoms with van der Waals surface area (Å²) in [6, 6.07) is 0.0162. The maximum absolute atomic E-state index is 11.1. The first-order valence-corrected chi connectivity index (χ1v) is 4.96. The number of carbonyl (C=O) groups is 1. The lowest BCUT2D eigenvalue weighted by atomic mass is 10.1. The Morgan fingerprint density at radius 3 is 2.33 bits per heavy atom. The van der Waals surface area contributed by atoms with Crippen LogP contribution in [0.1, 0.15) is 20.8 Å². The van der Waals surface area contributed by atoms with Crippen molar-refractivity contribution in [3.8, 4) is 0 Å². The lowest BCUT2D eigenvalue weighted by Gasteiger charge is -2.19. The fourth-order valence-corrected chi connectivity index (χ4v) is 0.772. The minimum Gasteiger partial charge on any atom is -0.396 e. The molecule has 12 heavy (non-hydrogen) atoms. The van der Waals surface area contributed by atoms with Crippen LogP contribution in [-0.4, -0.2) is 28.5 Å². The summed E-state index contributed by atoms with van der Waals surface area (Å²) in [7, 11) is 0. The Labute approximate surface area is 81.7 Å². The Kier molecular flexibility index (Phi) is 5.50. The second-order valence-electron chi connectivity index (χ2n) is 3.07. The molecule has 0 aliphatic carbocycles. The van der Waals surface area contributed by atoms with Crippen LogP contribution in [-0.2, 0) is 4.79 Å². The Hall–Kier alpha value is -0.0900. The number of halogens is 1. The highest BCUT2D eigenvalue weighted by Gasteiger charge is 2.16. The highest BCUT2D eigenvalue weighted by atomic mass is 79.9. The predicted molar refractivity (Wildman–Crippen MR) is 52.2 cm³/mol. The van der Waals surface area contributed by atoms with E-state index in [-0.39, 0.29) is 29.3 Å². The summed E-state index contributed by atoms with van der Waals surface area (Å²) in [5, 5.41) is 11.6. The number of alkyl halides is 1. The second kappa shape index (κ2) is 5.54. The van der Waals surface area contributed by atoms with Gasteiger partial charge in [-0.25, -0.2) is 0 Å². The van der Waals surface area contributed by atoms with Gasteiger partial charge in [0, 0.05) is 12.6 Å². The molecule has 0 saturated carbocycles. The smallest absolute Gasteiger partial charge is 0.233 e. The Balaban J connectivity index is 3.83. The molecule has 0 radical (unpaired) electrons. The quantitative estimate of drug-likeness (QED) is 0.715. The maximum Gasteiger partial charge on any atom is 0.233 e. The van der Waals surface area contributed by atoms with Crippen LogP contribution >= 0.6 is 15.9 Å². The molecule has 0 spiro atoms. The number of aliphatic hydroxyl groups is 1. The van der Waals surface area contributed by atoms with Gasteiger partial charge in [-0.05, 0) is 19.8 Å². The lowest BCUT2D eigenvalue weighted by molar-refractivity contribution is -0.121. The minimum atomic E-state index is -0.175. The largest absolute Gasteiger partial charge is 0.396 e. The van der Waals surface area contributed by atoms with Crippen molar-refractivity contribution in [2.45, 2.75) is 31.6 Å². The average molecular weight is 238 g/mol. The molecule has 0 aromatic heterocycles. The normalized spacial score (nSPS) is 18.1. The van der Waals surface area contributed by atoms with Crippen LogP contribution in [0.5, 0.6) is 0 Å². The second-order valence-corrected chi connectivity index (χ2v) is 4.45. The maximum atomic E-state index is 11.1. The van der Waals surface area contributed by atoms with Gasteiger partial charge < -0.3 is 10.4 Å². The van der Waals surface area contributed by atoms with Crippen LogP contribution in [0.15, 0.2) is 0 Å². The number of rotatable bonds is 4. The van der Waals surface area contributed by atoms with Gasteiger partial charge in [-0.1, -0.05) is 22.9 Å². The van der Waals surface area contributed by atoms with E-state index in [4.69, 9.17) is 5.11 Å². The third kappa shape index (κ3) is 4.07. The first-order chi connectivity index (χ1) is 5.49. The van der Waals surface area contributed by atoms with Gasteiger partial charge in [0.25, 0.3) is 0 Å². The van der Waals surface area contributed by atoms with Crippen LogP contribution in [0.25, 0.3) is 0 Å². The molecule has 2 N–H and O–H groups in total. The van der Waals surface area contributed by atoms with Crippen molar-refractivity contribution in [3.05, 3.63) is 0 Å². The lowest BCUT2D eigenvalue weighted by Crippen LogP contribution is -2.41. The van der Waals surface area contributed by atoms with Crippen LogP contribution in [0.2, 0.25) is 0 Å². The van der Waals surface area contributed by atoms with Gasteiger partial charge >= 0.3 is 0 Å². The summed E-state index contributed by atoms with van der Waals surface area (Å²) in [5.74, 6) is 0.0583. The van der Waals surface area contributed by atoms with Gasteiger partial charge in [0.05, 0.1) is 4.83 Å². The Bertz CT molecular complexity index is 150. The fraction of sp³-hybridized carbons (Fsp3) is 0.875. The van der Waals surface area contributed by atoms with Crippen molar-refractivity contribution in [2.24, 2.45) is 5.92 Å². The molecule has 0 aliphatic heterocycles. The van der Waals surface area contributed by atoms with Gasteiger partial charge in [-0.3, -0.25) is 4.79 Å². The van der Waals surface area contributed by atoms with Crippen molar-refractivity contribution < 1.29 is 9.90 Å². The fourth-order valence-electron chi connectivity index (χ4n) is 0.640. The standard InChI is InChI=1S/C8H16BrNO2/c1-5(4-11)7(3)10-8(12)6(2)9/h5-7,11H,4H2,1-3H3,(H,10,12). The molecule has 72 valence electrons. The van der Waals surface area contributed by atoms with E-state index in [1.807, 2.05) is 13.8 Å². The zero-order valence-corrected chi connectivity index (χ0v) is 9.26. The number of hydrogen-bond acceptors (Lipinski definition) is 2. The molecule has 0 aromatic rings. The van der Waals surface area contributed by atoms with E-state index >= 15 is 0 Å². The molecule has 0 heterocycles. The summed E-state index contributed by atoms with van der Waals surface area (Å²) >= 11 is 3.16. The van der Waals surface area contributed by atoms with E-state index in [2.05, 4.69) is 21.2 Å². The average Bonchev–Trinajstić information content (AvgIpc) is 2.02. The van der Waals surface area contributed by atoms with Gasteiger partial charge in [0.15, 0.2) is 0 Å². The third-order valence-electron chi connectivity index (χ3n) is 1.87. The molecular formula is C8H16BrNO2. The van der Waals surface area contributed by atoms with Gasteiger partial charge in [0.2, 0.25) is 5.91 Å². The Morgan fingerprint density at radius 2 is 2.00 bits per heavy atom. The van der Waals surface area contributed by atoms with Gasteiger partial charge in [-0.2, -0.15) is 0 Å². The van der Waals surface area contributed by atoms with E-state index in [9.17, 15) is 4.79 Å². The summed E-state index contributed by atoms with van der Waals surface area (Å²) in [6.45, 7) is 5.64. The number of nitrogens with one attached hydrogen (secondary N) is 1. The predicted octanol–water partition coefficient (Wildman–Crippen LogP) is 0.903. The molecule has 3 atom stereocenters. The summed E-state index contributed by atoms with van der Waals surface area (Å²) in [5.41, 5.74) is 0. The van der Waals surface area contributed by atoms with Crippen LogP contribution in [0.3, 0.4) is 0 Å². The molecule has 0 saturated heterocycles. The number of carbonyl (C=O) groups excluding carboxylic acids is 1. The summed E-state index contributed by atoms with van der Waals surface area (Å²) in [4.78, 5) is 11.0. The topological polar surface area (TPSA) is 49.3 Å². The van der Waals surface area contributed by atoms with E-state index < -0.39 is 0 Å². The Morgan fingerprint density at radius 1 is 1.50 bits per heavy atom. The highest BCUT2D eigenvalue weighted by molar-refractivity contribution is 9.10. The van der Waals surface area contributed by atoms with Crippen LogP contribution < -0.4 is 5.32 Å². The minimum absolute atomic E-state index is 0.0162. The zero-order chi connectivity index (χ0) is 9.72. The van der Waals surface area contributed by atoms with Gasteiger partial charge in [-0.15, -0.1) is 0 Å². The molecule has 3 unspecified atom stereocenters. The van der Waals surface area contributed by atoms with Crippen LogP contribution in [0.4, 0.5) is 0 Å². The number of aliphatic hydroxyl groups excluding tert-OH is 1. The molecule has 0 fully saturated rings. The molecular weight excluding hydrogens is 222 g/mol. The van der Waals surface area contributed by atoms with E-state index in [1.54, 1.807) is 6.92 Å². The SMILES string of the molecule is CC(Br)C(=O)NC(C)C(C)CO. The molecule has 1 amide bonds. The van der Waals surface area contributed by atoms with Crippen molar-refractivity contribution >= 4 is 21.8 Å². The van der Waals surface area contributed by atoms with Gasteiger partial charge in [0.1, 0.15) is 0 Å². The summed E-state index contributed by atoms with van der Waals surface area (Å²) in [6.07, 6.45) is 0. The monoisotopic (exact) mass is 237 g/mol. The number of hydrogen-bond donors (Lipinski definition) is 2. The van der Waals surface area contributed by atoms with Crippen molar-refractivity contribution in [3.63, 3.8) is 0 Å². The van der Waals surface area contributed by atoms with E-state index in [0.717, 1.165) is 0 Å². The molecule has 0 aromatic carbocycles. The highest BCUT2D eigenvalue weighted by Crippen LogP contribution is 2.03. The van der Waals surface area contributed by atoms with Crippen LogP contribution in [0, 0.1) is 5.92 Å². The third-order valence-corrected chi connectivity index (χ3v) is 2.29. The molecule has 0 rings (SSSR count). The molecule has 3 nitrogen and oxygen atoms in total. The molecule has 4 heteroatoms. The first kappa shape index (κ1) is 11.9. The van der Waals surface area contributed by atoms with Crippen molar-refractivity contribution in [1.29, 1.82) is 0 Å². The molecule has 0 aliphatic rings. The first-order valence-electron chi connectivity index (χ1n) is 4.04. The van der Waals surface area contributed by atoms with E-state index in [0.29, 0.717) is 0 Å². The molecule has 0 bridgehead atoms. The van der Waals surface area contributed by atoms with Crippen molar-refractivity contribution in [2.75, 3.05) is 6.61 Å². The summed E-state index contributed by atoms with van der Waals surface area (Å²) < 4.78 is 0.